The van der Waals surface area contributed by atoms with E-state index in [9.17, 15) is 4.79 Å². The Bertz CT molecular complexity index is 782. The highest BCUT2D eigenvalue weighted by Gasteiger charge is 2.22. The van der Waals surface area contributed by atoms with Gasteiger partial charge in [-0.3, -0.25) is 4.79 Å². The van der Waals surface area contributed by atoms with Crippen molar-refractivity contribution in [1.82, 2.24) is 14.9 Å². The molecule has 8 heteroatoms. The minimum atomic E-state index is 0.153. The molecular formula is C19H22N4O3S. The molecule has 3 heterocycles. The molecule has 0 spiro atoms. The van der Waals surface area contributed by atoms with Gasteiger partial charge in [-0.2, -0.15) is 0 Å². The number of carbonyl (C=O) groups excluding carboxylic acids is 1. The third kappa shape index (κ3) is 4.44. The van der Waals surface area contributed by atoms with Gasteiger partial charge in [0.15, 0.2) is 11.5 Å². The van der Waals surface area contributed by atoms with E-state index in [0.717, 1.165) is 41.9 Å². The van der Waals surface area contributed by atoms with Crippen LogP contribution in [-0.2, 0) is 4.79 Å². The first-order chi connectivity index (χ1) is 13.3. The summed E-state index contributed by atoms with van der Waals surface area (Å²) < 4.78 is 11.4. The molecule has 2 aliphatic heterocycles. The molecule has 0 radical (unpaired) electrons. The van der Waals surface area contributed by atoms with Crippen LogP contribution in [0.15, 0.2) is 41.6 Å². The van der Waals surface area contributed by atoms with Crippen molar-refractivity contribution >= 4 is 23.6 Å². The second kappa shape index (κ2) is 8.47. The maximum absolute atomic E-state index is 12.6. The summed E-state index contributed by atoms with van der Waals surface area (Å²) in [5.74, 6) is 2.84. The number of aromatic nitrogens is 2. The molecule has 0 atom stereocenters. The van der Waals surface area contributed by atoms with Crippen molar-refractivity contribution in [2.75, 3.05) is 50.0 Å². The number of amides is 1. The number of anilines is 1. The first-order valence-corrected chi connectivity index (χ1v) is 10.1. The van der Waals surface area contributed by atoms with Crippen molar-refractivity contribution in [2.45, 2.75) is 11.3 Å². The van der Waals surface area contributed by atoms with Gasteiger partial charge in [0, 0.05) is 49.9 Å². The van der Waals surface area contributed by atoms with Crippen molar-refractivity contribution in [3.05, 3.63) is 36.7 Å². The minimum absolute atomic E-state index is 0.153. The zero-order chi connectivity index (χ0) is 18.5. The number of piperazine rings is 1. The third-order valence-electron chi connectivity index (χ3n) is 4.55. The fraction of sp³-hybridized carbons (Fsp3) is 0.421. The van der Waals surface area contributed by atoms with Gasteiger partial charge in [-0.15, -0.1) is 11.8 Å². The molecule has 27 heavy (non-hydrogen) atoms. The van der Waals surface area contributed by atoms with Gasteiger partial charge in [-0.1, -0.05) is 0 Å². The van der Waals surface area contributed by atoms with Gasteiger partial charge in [-0.25, -0.2) is 9.97 Å². The normalized spacial score (nSPS) is 16.7. The summed E-state index contributed by atoms with van der Waals surface area (Å²) >= 11 is 1.53. The molecule has 1 aromatic heterocycles. The summed E-state index contributed by atoms with van der Waals surface area (Å²) in [4.78, 5) is 26.1. The average molecular weight is 386 g/mol. The topological polar surface area (TPSA) is 67.8 Å². The van der Waals surface area contributed by atoms with E-state index < -0.39 is 0 Å². The summed E-state index contributed by atoms with van der Waals surface area (Å²) in [5, 5.41) is 0. The summed E-state index contributed by atoms with van der Waals surface area (Å²) in [7, 11) is 0. The molecule has 4 rings (SSSR count). The second-order valence-electron chi connectivity index (χ2n) is 6.36. The Hall–Kier alpha value is -2.48. The zero-order valence-corrected chi connectivity index (χ0v) is 15.9. The Balaban J connectivity index is 1.28. The lowest BCUT2D eigenvalue weighted by atomic mass is 10.3. The predicted molar refractivity (Wildman–Crippen MR) is 104 cm³/mol. The Kier molecular flexibility index (Phi) is 5.62. The lowest BCUT2D eigenvalue weighted by Gasteiger charge is -2.34. The van der Waals surface area contributed by atoms with Crippen LogP contribution >= 0.6 is 11.8 Å². The maximum atomic E-state index is 12.6. The molecule has 1 aromatic carbocycles. The van der Waals surface area contributed by atoms with Crippen LogP contribution in [-0.4, -0.2) is 65.9 Å². The molecule has 0 aliphatic carbocycles. The largest absolute Gasteiger partial charge is 0.490 e. The molecular weight excluding hydrogens is 364 g/mol. The van der Waals surface area contributed by atoms with Gasteiger partial charge in [0.1, 0.15) is 0 Å². The molecule has 1 saturated heterocycles. The zero-order valence-electron chi connectivity index (χ0n) is 15.0. The molecule has 0 unspecified atom stereocenters. The van der Waals surface area contributed by atoms with Crippen LogP contribution in [0.5, 0.6) is 11.5 Å². The molecule has 1 fully saturated rings. The molecule has 1 amide bonds. The van der Waals surface area contributed by atoms with Crippen LogP contribution in [0.2, 0.25) is 0 Å². The molecule has 0 bridgehead atoms. The van der Waals surface area contributed by atoms with Crippen molar-refractivity contribution < 1.29 is 14.3 Å². The van der Waals surface area contributed by atoms with E-state index in [4.69, 9.17) is 9.47 Å². The summed E-state index contributed by atoms with van der Waals surface area (Å²) in [6.07, 6.45) is 4.37. The van der Waals surface area contributed by atoms with Crippen molar-refractivity contribution in [3.63, 3.8) is 0 Å². The van der Waals surface area contributed by atoms with Crippen molar-refractivity contribution in [2.24, 2.45) is 0 Å². The minimum Gasteiger partial charge on any atom is -0.490 e. The van der Waals surface area contributed by atoms with Crippen LogP contribution in [0.3, 0.4) is 0 Å². The molecule has 7 nitrogen and oxygen atoms in total. The highest BCUT2D eigenvalue weighted by molar-refractivity contribution is 8.00. The van der Waals surface area contributed by atoms with E-state index in [2.05, 4.69) is 14.9 Å². The Morgan fingerprint density at radius 1 is 1.04 bits per heavy atom. The van der Waals surface area contributed by atoms with Crippen molar-refractivity contribution in [1.29, 1.82) is 0 Å². The smallest absolute Gasteiger partial charge is 0.233 e. The van der Waals surface area contributed by atoms with E-state index in [1.165, 1.54) is 11.8 Å². The number of nitrogens with zero attached hydrogens (tertiary/aromatic N) is 4. The number of benzene rings is 1. The van der Waals surface area contributed by atoms with E-state index in [1.807, 2.05) is 23.1 Å². The van der Waals surface area contributed by atoms with Crippen LogP contribution in [0.25, 0.3) is 0 Å². The van der Waals surface area contributed by atoms with E-state index in [-0.39, 0.29) is 5.91 Å². The lowest BCUT2D eigenvalue weighted by molar-refractivity contribution is -0.128. The number of carbonyl (C=O) groups is 1. The summed E-state index contributed by atoms with van der Waals surface area (Å²) in [6.45, 7) is 4.24. The molecule has 0 N–H and O–H groups in total. The van der Waals surface area contributed by atoms with Gasteiger partial charge < -0.3 is 19.3 Å². The van der Waals surface area contributed by atoms with E-state index in [0.29, 0.717) is 32.1 Å². The number of thioether (sulfide) groups is 1. The maximum Gasteiger partial charge on any atom is 0.233 e. The second-order valence-corrected chi connectivity index (χ2v) is 7.41. The third-order valence-corrected chi connectivity index (χ3v) is 5.53. The van der Waals surface area contributed by atoms with Crippen LogP contribution in [0.4, 0.5) is 5.95 Å². The number of hydrogen-bond donors (Lipinski definition) is 0. The van der Waals surface area contributed by atoms with Crippen molar-refractivity contribution in [3.8, 4) is 11.5 Å². The van der Waals surface area contributed by atoms with Gasteiger partial charge in [0.05, 0.1) is 19.0 Å². The van der Waals surface area contributed by atoms with Crippen LogP contribution in [0, 0.1) is 0 Å². The average Bonchev–Trinajstić information content (AvgIpc) is 2.98. The standard InChI is InChI=1S/C19H22N4O3S/c24-18(22-7-9-23(10-8-22)19-20-5-1-6-21-19)14-27-15-3-4-16-17(13-15)26-12-2-11-25-16/h1,3-6,13H,2,7-12,14H2. The SMILES string of the molecule is O=C(CSc1ccc2c(c1)OCCCO2)N1CCN(c2ncccn2)CC1. The first kappa shape index (κ1) is 17.9. The Morgan fingerprint density at radius 3 is 2.56 bits per heavy atom. The predicted octanol–water partition coefficient (Wildman–Crippen LogP) is 2.08. The molecule has 142 valence electrons. The summed E-state index contributed by atoms with van der Waals surface area (Å²) in [5.41, 5.74) is 0. The lowest BCUT2D eigenvalue weighted by Crippen LogP contribution is -2.49. The quantitative estimate of drug-likeness (QED) is 0.745. The first-order valence-electron chi connectivity index (χ1n) is 9.12. The highest BCUT2D eigenvalue weighted by atomic mass is 32.2. The van der Waals surface area contributed by atoms with E-state index >= 15 is 0 Å². The Labute approximate surface area is 162 Å². The van der Waals surface area contributed by atoms with Gasteiger partial charge in [0.2, 0.25) is 11.9 Å². The molecule has 0 saturated carbocycles. The Morgan fingerprint density at radius 2 is 1.78 bits per heavy atom. The summed E-state index contributed by atoms with van der Waals surface area (Å²) in [6, 6.07) is 7.67. The fourth-order valence-corrected chi connectivity index (χ4v) is 3.91. The monoisotopic (exact) mass is 386 g/mol. The number of rotatable bonds is 4. The number of ether oxygens (including phenoxy) is 2. The number of fused-ring (bicyclic) bond motifs is 1. The van der Waals surface area contributed by atoms with E-state index in [1.54, 1.807) is 18.5 Å². The van der Waals surface area contributed by atoms with Gasteiger partial charge >= 0.3 is 0 Å². The highest BCUT2D eigenvalue weighted by Crippen LogP contribution is 2.34. The number of hydrogen-bond acceptors (Lipinski definition) is 7. The van der Waals surface area contributed by atoms with Crippen LogP contribution < -0.4 is 14.4 Å². The van der Waals surface area contributed by atoms with Gasteiger partial charge in [-0.05, 0) is 24.3 Å². The fourth-order valence-electron chi connectivity index (χ4n) is 3.08. The molecule has 2 aromatic rings. The van der Waals surface area contributed by atoms with Gasteiger partial charge in [0.25, 0.3) is 0 Å². The van der Waals surface area contributed by atoms with Crippen LogP contribution in [0.1, 0.15) is 6.42 Å². The molecule has 2 aliphatic rings.